The molecule has 0 radical (unpaired) electrons. The first-order chi connectivity index (χ1) is 8.99. The molecule has 0 unspecified atom stereocenters. The number of hydrogen-bond donors (Lipinski definition) is 1. The van der Waals surface area contributed by atoms with E-state index in [1.165, 1.54) is 0 Å². The van der Waals surface area contributed by atoms with Gasteiger partial charge in [0.15, 0.2) is 0 Å². The van der Waals surface area contributed by atoms with Crippen molar-refractivity contribution in [3.05, 3.63) is 26.9 Å². The van der Waals surface area contributed by atoms with Crippen LogP contribution in [0.4, 0.5) is 0 Å². The van der Waals surface area contributed by atoms with E-state index in [0.29, 0.717) is 29.6 Å². The molecule has 19 heavy (non-hydrogen) atoms. The number of piperidine rings is 1. The summed E-state index contributed by atoms with van der Waals surface area (Å²) in [4.78, 5) is 29.0. The topological polar surface area (TPSA) is 70.5 Å². The molecule has 1 aromatic heterocycles. The van der Waals surface area contributed by atoms with Gasteiger partial charge in [-0.15, -0.1) is 0 Å². The van der Waals surface area contributed by atoms with Gasteiger partial charge in [0.2, 0.25) is 0 Å². The van der Waals surface area contributed by atoms with Crippen LogP contribution < -0.4 is 0 Å². The molecule has 0 bridgehead atoms. The van der Waals surface area contributed by atoms with Gasteiger partial charge in [0.1, 0.15) is 5.69 Å². The van der Waals surface area contributed by atoms with Crippen LogP contribution in [-0.2, 0) is 4.79 Å². The van der Waals surface area contributed by atoms with E-state index in [2.05, 4.69) is 36.8 Å². The van der Waals surface area contributed by atoms with Crippen molar-refractivity contribution < 1.29 is 14.7 Å². The molecular weight excluding hydrogens is 380 g/mol. The van der Waals surface area contributed by atoms with Crippen LogP contribution in [0.1, 0.15) is 23.3 Å². The maximum absolute atomic E-state index is 12.3. The summed E-state index contributed by atoms with van der Waals surface area (Å²) >= 11 is 6.58. The average molecular weight is 392 g/mol. The molecule has 1 aromatic rings. The Morgan fingerprint density at radius 3 is 2.79 bits per heavy atom. The fourth-order valence-corrected chi connectivity index (χ4v) is 3.24. The Hall–Kier alpha value is -0.950. The Kier molecular flexibility index (Phi) is 4.57. The fourth-order valence-electron chi connectivity index (χ4n) is 2.08. The maximum atomic E-state index is 12.3. The van der Waals surface area contributed by atoms with E-state index >= 15 is 0 Å². The number of carbonyl (C=O) groups is 2. The predicted octanol–water partition coefficient (Wildman–Crippen LogP) is 2.54. The van der Waals surface area contributed by atoms with Crippen molar-refractivity contribution in [2.45, 2.75) is 12.8 Å². The number of carboxylic acid groups (broad SMARTS) is 1. The summed E-state index contributed by atoms with van der Waals surface area (Å²) in [5.41, 5.74) is 0.314. The van der Waals surface area contributed by atoms with Crippen LogP contribution in [0.25, 0.3) is 0 Å². The molecule has 5 nitrogen and oxygen atoms in total. The molecule has 102 valence electrons. The highest BCUT2D eigenvalue weighted by Gasteiger charge is 2.29. The largest absolute Gasteiger partial charge is 0.481 e. The summed E-state index contributed by atoms with van der Waals surface area (Å²) in [6.45, 7) is 0.825. The highest BCUT2D eigenvalue weighted by molar-refractivity contribution is 9.11. The molecular formula is C12H12Br2N2O3. The van der Waals surface area contributed by atoms with E-state index in [9.17, 15) is 9.59 Å². The van der Waals surface area contributed by atoms with Crippen LogP contribution in [0.15, 0.2) is 21.2 Å². The van der Waals surface area contributed by atoms with Crippen LogP contribution in [-0.4, -0.2) is 40.0 Å². The van der Waals surface area contributed by atoms with Crippen LogP contribution in [0.2, 0.25) is 0 Å². The number of amides is 1. The second-order valence-electron chi connectivity index (χ2n) is 4.41. The molecule has 2 rings (SSSR count). The second kappa shape index (κ2) is 6.00. The Balaban J connectivity index is 2.17. The highest BCUT2D eigenvalue weighted by atomic mass is 79.9. The molecule has 0 spiro atoms. The number of nitrogens with zero attached hydrogens (tertiary/aromatic N) is 2. The smallest absolute Gasteiger partial charge is 0.308 e. The first kappa shape index (κ1) is 14.5. The first-order valence-corrected chi connectivity index (χ1v) is 7.40. The molecule has 7 heteroatoms. The summed E-state index contributed by atoms with van der Waals surface area (Å²) in [6.07, 6.45) is 2.88. The maximum Gasteiger partial charge on any atom is 0.308 e. The number of carbonyl (C=O) groups excluding carboxylic acids is 1. The Morgan fingerprint density at radius 2 is 2.16 bits per heavy atom. The zero-order valence-electron chi connectivity index (χ0n) is 9.97. The van der Waals surface area contributed by atoms with Crippen LogP contribution >= 0.6 is 31.9 Å². The minimum atomic E-state index is -0.847. The normalized spacial score (nSPS) is 19.3. The highest BCUT2D eigenvalue weighted by Crippen LogP contribution is 2.23. The molecule has 1 amide bonds. The first-order valence-electron chi connectivity index (χ1n) is 5.82. The van der Waals surface area contributed by atoms with Crippen molar-refractivity contribution in [3.63, 3.8) is 0 Å². The average Bonchev–Trinajstić information content (AvgIpc) is 2.38. The molecule has 1 saturated heterocycles. The lowest BCUT2D eigenvalue weighted by atomic mass is 9.98. The third-order valence-electron chi connectivity index (χ3n) is 3.07. The number of aliphatic carboxylic acids is 1. The Morgan fingerprint density at radius 1 is 1.42 bits per heavy atom. The minimum absolute atomic E-state index is 0.231. The van der Waals surface area contributed by atoms with Gasteiger partial charge in [0.25, 0.3) is 5.91 Å². The lowest BCUT2D eigenvalue weighted by Crippen LogP contribution is -2.42. The van der Waals surface area contributed by atoms with Gasteiger partial charge in [-0.1, -0.05) is 0 Å². The second-order valence-corrected chi connectivity index (χ2v) is 6.18. The molecule has 2 heterocycles. The number of hydrogen-bond acceptors (Lipinski definition) is 3. The summed E-state index contributed by atoms with van der Waals surface area (Å²) in [7, 11) is 0. The van der Waals surface area contributed by atoms with Gasteiger partial charge in [-0.25, -0.2) is 4.98 Å². The van der Waals surface area contributed by atoms with Gasteiger partial charge in [0, 0.05) is 23.8 Å². The van der Waals surface area contributed by atoms with Crippen molar-refractivity contribution in [2.75, 3.05) is 13.1 Å². The minimum Gasteiger partial charge on any atom is -0.481 e. The van der Waals surface area contributed by atoms with Crippen LogP contribution in [0.3, 0.4) is 0 Å². The van der Waals surface area contributed by atoms with Crippen LogP contribution in [0, 0.1) is 5.92 Å². The van der Waals surface area contributed by atoms with E-state index < -0.39 is 11.9 Å². The Bertz CT molecular complexity index is 522. The standard InChI is InChI=1S/C12H12Br2N2O3/c13-8-4-9(14)10(15-5-8)11(17)16-3-1-2-7(6-16)12(18)19/h4-5,7H,1-3,6H2,(H,18,19)/t7-/m0/s1. The number of aromatic nitrogens is 1. The zero-order valence-corrected chi connectivity index (χ0v) is 13.1. The number of carboxylic acids is 1. The van der Waals surface area contributed by atoms with Gasteiger partial charge in [-0.05, 0) is 50.8 Å². The van der Waals surface area contributed by atoms with Crippen molar-refractivity contribution in [1.29, 1.82) is 0 Å². The molecule has 1 atom stereocenters. The van der Waals surface area contributed by atoms with Gasteiger partial charge in [-0.2, -0.15) is 0 Å². The Labute approximate surface area is 127 Å². The number of halogens is 2. The fraction of sp³-hybridized carbons (Fsp3) is 0.417. The van der Waals surface area contributed by atoms with Gasteiger partial charge in [0.05, 0.1) is 10.4 Å². The summed E-state index contributed by atoms with van der Waals surface area (Å²) < 4.78 is 1.38. The SMILES string of the molecule is O=C(O)[C@H]1CCCN(C(=O)c2ncc(Br)cc2Br)C1. The van der Waals surface area contributed by atoms with E-state index in [0.717, 1.165) is 4.47 Å². The predicted molar refractivity (Wildman–Crippen MR) is 75.9 cm³/mol. The van der Waals surface area contributed by atoms with Crippen LogP contribution in [0.5, 0.6) is 0 Å². The summed E-state index contributed by atoms with van der Waals surface area (Å²) in [5.74, 6) is -1.56. The van der Waals surface area contributed by atoms with Crippen molar-refractivity contribution in [1.82, 2.24) is 9.88 Å². The number of pyridine rings is 1. The molecule has 1 aliphatic rings. The monoisotopic (exact) mass is 390 g/mol. The summed E-state index contributed by atoms with van der Waals surface area (Å²) in [5, 5.41) is 9.03. The molecule has 1 N–H and O–H groups in total. The van der Waals surface area contributed by atoms with Gasteiger partial charge < -0.3 is 10.0 Å². The number of likely N-dealkylation sites (tertiary alicyclic amines) is 1. The van der Waals surface area contributed by atoms with Crippen molar-refractivity contribution in [2.24, 2.45) is 5.92 Å². The van der Waals surface area contributed by atoms with Crippen molar-refractivity contribution >= 4 is 43.7 Å². The molecule has 0 saturated carbocycles. The molecule has 1 fully saturated rings. The third-order valence-corrected chi connectivity index (χ3v) is 4.11. The van der Waals surface area contributed by atoms with Gasteiger partial charge in [-0.3, -0.25) is 9.59 Å². The van der Waals surface area contributed by atoms with E-state index in [4.69, 9.17) is 5.11 Å². The van der Waals surface area contributed by atoms with Crippen molar-refractivity contribution in [3.8, 4) is 0 Å². The van der Waals surface area contributed by atoms with E-state index in [1.807, 2.05) is 0 Å². The third kappa shape index (κ3) is 3.33. The summed E-state index contributed by atoms with van der Waals surface area (Å²) in [6, 6.07) is 1.75. The van der Waals surface area contributed by atoms with E-state index in [-0.39, 0.29) is 12.5 Å². The van der Waals surface area contributed by atoms with E-state index in [1.54, 1.807) is 17.2 Å². The molecule has 1 aliphatic heterocycles. The van der Waals surface area contributed by atoms with Gasteiger partial charge >= 0.3 is 5.97 Å². The quantitative estimate of drug-likeness (QED) is 0.840. The molecule has 0 aromatic carbocycles. The lowest BCUT2D eigenvalue weighted by molar-refractivity contribution is -0.143. The number of rotatable bonds is 2. The molecule has 0 aliphatic carbocycles. The zero-order chi connectivity index (χ0) is 14.0. The lowest BCUT2D eigenvalue weighted by Gasteiger charge is -2.30.